The molecule has 0 aliphatic heterocycles. The molecule has 1 aromatic carbocycles. The number of aliphatic carboxylic acids is 4. The van der Waals surface area contributed by atoms with Crippen molar-refractivity contribution in [1.29, 1.82) is 0 Å². The lowest BCUT2D eigenvalue weighted by Gasteiger charge is -2.20. The van der Waals surface area contributed by atoms with Gasteiger partial charge < -0.3 is 62.5 Å². The molecule has 0 radical (unpaired) electrons. The van der Waals surface area contributed by atoms with Gasteiger partial charge in [-0.25, -0.2) is 0 Å². The van der Waals surface area contributed by atoms with Gasteiger partial charge in [0.1, 0.15) is 43.0 Å². The zero-order valence-electron chi connectivity index (χ0n) is 25.4. The van der Waals surface area contributed by atoms with Crippen LogP contribution in [-0.2, 0) is 38.4 Å². The number of amides is 4. The van der Waals surface area contributed by atoms with Gasteiger partial charge in [0, 0.05) is 18.6 Å². The van der Waals surface area contributed by atoms with E-state index in [1.807, 2.05) is 0 Å². The maximum Gasteiger partial charge on any atom is 0.322 e. The van der Waals surface area contributed by atoms with E-state index < -0.39 is 84.8 Å². The van der Waals surface area contributed by atoms with Crippen LogP contribution in [-0.4, -0.2) is 122 Å². The maximum atomic E-state index is 12.7. The third kappa shape index (κ3) is 16.6. The zero-order valence-corrected chi connectivity index (χ0v) is 28.6. The Kier molecular flexibility index (Phi) is 18.8. The van der Waals surface area contributed by atoms with Crippen LogP contribution in [0.4, 0.5) is 0 Å². The van der Waals surface area contributed by atoms with E-state index in [4.69, 9.17) is 36.1 Å². The summed E-state index contributed by atoms with van der Waals surface area (Å²) >= 11 is 4.69. The molecule has 0 heterocycles. The fourth-order valence-corrected chi connectivity index (χ4v) is 5.83. The quantitative estimate of drug-likeness (QED) is 0.0422. The van der Waals surface area contributed by atoms with Crippen LogP contribution in [0.5, 0.6) is 11.5 Å². The Hall–Kier alpha value is -4.32. The summed E-state index contributed by atoms with van der Waals surface area (Å²) in [6.07, 6.45) is -1.23. The first kappa shape index (κ1) is 42.7. The summed E-state index contributed by atoms with van der Waals surface area (Å²) in [6.45, 7) is -1.54. The monoisotopic (exact) mass is 798 g/mol. The Morgan fingerprint density at radius 2 is 1.20 bits per heavy atom. The van der Waals surface area contributed by atoms with Gasteiger partial charge in [0.2, 0.25) is 23.6 Å². The molecule has 0 saturated carbocycles. The van der Waals surface area contributed by atoms with Gasteiger partial charge in [0.05, 0.1) is 27.2 Å². The van der Waals surface area contributed by atoms with Crippen molar-refractivity contribution in [2.75, 3.05) is 24.6 Å². The van der Waals surface area contributed by atoms with Crippen molar-refractivity contribution in [3.8, 4) is 11.5 Å². The van der Waals surface area contributed by atoms with Crippen molar-refractivity contribution in [3.05, 3.63) is 16.6 Å². The number of benzene rings is 1. The van der Waals surface area contributed by atoms with E-state index in [1.165, 1.54) is 12.1 Å². The molecule has 1 rings (SSSR count). The molecule has 0 bridgehead atoms. The standard InChI is InChI=1S/C26H35BrN6O14S2/c27-21-15(34)3-4-16(47-49-10-14(24(42)31-8-20(39)40)33-18(36)6-2-12(29)26(45)46)22(21)48-9-13(23(41)30-7-19(37)38)32-17(35)5-1-11(28)25(43)44/h3-4,11-14,34H,1-2,5-10,28-29H2,(H,30,41)(H,31,42)(H,32,35)(H,33,36)(H,37,38)(H,39,40)(H,43,44)(H,45,46)/t11-,12-,13-,14-/m0/s1. The summed E-state index contributed by atoms with van der Waals surface area (Å²) in [5, 5.41) is 54.9. The van der Waals surface area contributed by atoms with Gasteiger partial charge in [-0.05, 0) is 40.9 Å². The van der Waals surface area contributed by atoms with Crippen molar-refractivity contribution in [2.24, 2.45) is 11.5 Å². The van der Waals surface area contributed by atoms with Crippen molar-refractivity contribution >= 4 is 87.2 Å². The second kappa shape index (κ2) is 21.6. The number of carbonyl (C=O) groups is 8. The molecule has 4 atom stereocenters. The van der Waals surface area contributed by atoms with E-state index in [0.29, 0.717) is 12.0 Å². The van der Waals surface area contributed by atoms with Gasteiger partial charge in [-0.1, -0.05) is 0 Å². The summed E-state index contributed by atoms with van der Waals surface area (Å²) < 4.78 is 5.79. The minimum Gasteiger partial charge on any atom is -0.507 e. The molecule has 13 N–H and O–H groups in total. The first-order chi connectivity index (χ1) is 22.9. The van der Waals surface area contributed by atoms with Crippen LogP contribution >= 0.6 is 39.7 Å². The summed E-state index contributed by atoms with van der Waals surface area (Å²) in [5.41, 5.74) is 10.8. The number of phenols is 1. The van der Waals surface area contributed by atoms with Gasteiger partial charge in [-0.2, -0.15) is 0 Å². The number of nitrogens with two attached hydrogens (primary N) is 2. The topological polar surface area (TPSA) is 347 Å². The van der Waals surface area contributed by atoms with Crippen LogP contribution < -0.4 is 36.9 Å². The second-order valence-electron chi connectivity index (χ2n) is 9.83. The fourth-order valence-electron chi connectivity index (χ4n) is 3.35. The number of hydrogen-bond acceptors (Lipinski definition) is 14. The number of nitrogens with one attached hydrogen (secondary N) is 4. The third-order valence-corrected chi connectivity index (χ3v) is 8.97. The van der Waals surface area contributed by atoms with Crippen LogP contribution in [0, 0.1) is 0 Å². The number of carbonyl (C=O) groups excluding carboxylic acids is 4. The molecule has 0 aromatic heterocycles. The normalized spacial score (nSPS) is 13.1. The number of hydrogen-bond donors (Lipinski definition) is 11. The molecular weight excluding hydrogens is 764 g/mol. The van der Waals surface area contributed by atoms with Crippen molar-refractivity contribution in [3.63, 3.8) is 0 Å². The molecule has 0 unspecified atom stereocenters. The van der Waals surface area contributed by atoms with Crippen LogP contribution in [0.25, 0.3) is 0 Å². The van der Waals surface area contributed by atoms with E-state index in [-0.39, 0.29) is 58.1 Å². The molecule has 0 aliphatic carbocycles. The first-order valence-electron chi connectivity index (χ1n) is 13.9. The van der Waals surface area contributed by atoms with Crippen molar-refractivity contribution in [2.45, 2.75) is 54.7 Å². The Morgan fingerprint density at radius 1 is 0.755 bits per heavy atom. The number of aromatic hydroxyl groups is 1. The molecule has 272 valence electrons. The second-order valence-corrected chi connectivity index (χ2v) is 12.4. The predicted molar refractivity (Wildman–Crippen MR) is 174 cm³/mol. The molecule has 0 fully saturated rings. The van der Waals surface area contributed by atoms with Crippen molar-refractivity contribution in [1.82, 2.24) is 21.3 Å². The lowest BCUT2D eigenvalue weighted by molar-refractivity contribution is -0.140. The zero-order chi connectivity index (χ0) is 37.3. The molecular formula is C26H35BrN6O14S2. The highest BCUT2D eigenvalue weighted by atomic mass is 79.9. The lowest BCUT2D eigenvalue weighted by atomic mass is 10.1. The summed E-state index contributed by atoms with van der Waals surface area (Å²) in [7, 11) is 0. The Bertz CT molecular complexity index is 1400. The number of thioether (sulfide) groups is 1. The van der Waals surface area contributed by atoms with E-state index in [9.17, 15) is 43.5 Å². The van der Waals surface area contributed by atoms with Gasteiger partial charge in [-0.15, -0.1) is 11.8 Å². The lowest BCUT2D eigenvalue weighted by Crippen LogP contribution is -2.49. The molecule has 20 nitrogen and oxygen atoms in total. The van der Waals surface area contributed by atoms with E-state index in [2.05, 4.69) is 37.2 Å². The summed E-state index contributed by atoms with van der Waals surface area (Å²) in [4.78, 5) is 94.2. The van der Waals surface area contributed by atoms with E-state index >= 15 is 0 Å². The predicted octanol–water partition coefficient (Wildman–Crippen LogP) is -1.97. The van der Waals surface area contributed by atoms with Crippen LogP contribution in [0.3, 0.4) is 0 Å². The number of carboxylic acids is 4. The number of rotatable bonds is 23. The molecule has 0 aliphatic rings. The SMILES string of the molecule is N[C@@H](CCC(=O)N[C@@H](CSOc1ccc(O)c(Br)c1SC[C@H](NC(=O)CC[C@H](N)C(=O)O)C(=O)NCC(=O)O)C(=O)NCC(=O)O)C(=O)O. The number of phenolic OH excluding ortho intramolecular Hbond substituents is 1. The molecule has 1 aromatic rings. The Morgan fingerprint density at radius 3 is 1.63 bits per heavy atom. The Labute approximate surface area is 294 Å². The van der Waals surface area contributed by atoms with Crippen LogP contribution in [0.15, 0.2) is 21.5 Å². The Balaban J connectivity index is 3.11. The first-order valence-corrected chi connectivity index (χ1v) is 16.6. The van der Waals surface area contributed by atoms with E-state index in [0.717, 1.165) is 11.8 Å². The number of halogens is 1. The summed E-state index contributed by atoms with van der Waals surface area (Å²) in [6, 6.07) is -2.85. The fraction of sp³-hybridized carbons (Fsp3) is 0.462. The molecule has 4 amide bonds. The molecule has 0 spiro atoms. The van der Waals surface area contributed by atoms with Gasteiger partial charge in [0.25, 0.3) is 0 Å². The highest BCUT2D eigenvalue weighted by Gasteiger charge is 2.26. The largest absolute Gasteiger partial charge is 0.507 e. The maximum absolute atomic E-state index is 12.7. The van der Waals surface area contributed by atoms with Crippen LogP contribution in [0.1, 0.15) is 25.7 Å². The van der Waals surface area contributed by atoms with Gasteiger partial charge >= 0.3 is 23.9 Å². The van der Waals surface area contributed by atoms with E-state index in [1.54, 1.807) is 0 Å². The molecule has 49 heavy (non-hydrogen) atoms. The third-order valence-electron chi connectivity index (χ3n) is 5.95. The average molecular weight is 800 g/mol. The van der Waals surface area contributed by atoms with Crippen molar-refractivity contribution < 1.29 is 68.1 Å². The van der Waals surface area contributed by atoms with Crippen LogP contribution in [0.2, 0.25) is 0 Å². The average Bonchev–Trinajstić information content (AvgIpc) is 3.03. The smallest absolute Gasteiger partial charge is 0.322 e. The van der Waals surface area contributed by atoms with Gasteiger partial charge in [-0.3, -0.25) is 38.4 Å². The molecule has 0 saturated heterocycles. The highest BCUT2D eigenvalue weighted by Crippen LogP contribution is 2.42. The summed E-state index contributed by atoms with van der Waals surface area (Å²) in [5.74, 6) is -9.49. The number of carboxylic acid groups (broad SMARTS) is 4. The minimum atomic E-state index is -1.36. The highest BCUT2D eigenvalue weighted by molar-refractivity contribution is 9.10. The molecule has 23 heteroatoms. The van der Waals surface area contributed by atoms with Gasteiger partial charge in [0.15, 0.2) is 5.75 Å². The minimum absolute atomic E-state index is 0.0478.